The average Bonchev–Trinajstić information content (AvgIpc) is 2.72. The number of hydrogen-bond acceptors (Lipinski definition) is 5. The number of hydrogen-bond donors (Lipinski definition) is 0. The first kappa shape index (κ1) is 21.4. The van der Waals surface area contributed by atoms with Gasteiger partial charge in [0.25, 0.3) is 5.56 Å². The van der Waals surface area contributed by atoms with E-state index in [9.17, 15) is 18.0 Å². The van der Waals surface area contributed by atoms with E-state index in [1.165, 1.54) is 13.3 Å². The Labute approximate surface area is 174 Å². The smallest absolute Gasteiger partial charge is 0.417 e. The highest BCUT2D eigenvalue weighted by Crippen LogP contribution is 2.34. The molecule has 0 atom stereocenters. The van der Waals surface area contributed by atoms with Gasteiger partial charge in [0.05, 0.1) is 18.9 Å². The molecule has 0 saturated carbocycles. The minimum Gasteiger partial charge on any atom is -0.493 e. The summed E-state index contributed by atoms with van der Waals surface area (Å²) >= 11 is 6.12. The van der Waals surface area contributed by atoms with Crippen molar-refractivity contribution in [3.8, 4) is 23.1 Å². The van der Waals surface area contributed by atoms with Crippen molar-refractivity contribution in [2.45, 2.75) is 13.1 Å². The van der Waals surface area contributed by atoms with Gasteiger partial charge >= 0.3 is 6.18 Å². The number of nitrogens with zero attached hydrogens (tertiary/aromatic N) is 3. The maximum atomic E-state index is 12.7. The van der Waals surface area contributed by atoms with Gasteiger partial charge in [0.2, 0.25) is 0 Å². The number of ether oxygens (including phenoxy) is 2. The maximum Gasteiger partial charge on any atom is 0.417 e. The zero-order valence-electron chi connectivity index (χ0n) is 15.8. The number of methoxy groups -OCH3 is 1. The van der Waals surface area contributed by atoms with Gasteiger partial charge in [0.1, 0.15) is 0 Å². The Kier molecular flexibility index (Phi) is 6.12. The standard InChI is InChI=1S/C20H15ClF3N3O3/c1-3-4-12-5-7-14(15(9-12)29-2)30-16-11-26-27(19(28)18(16)21)17-8-6-13(10-25-17)20(22,23)24/h3-11H,1-2H3/b4-3+. The maximum absolute atomic E-state index is 12.7. The number of halogens is 4. The lowest BCUT2D eigenvalue weighted by Crippen LogP contribution is -2.23. The fourth-order valence-electron chi connectivity index (χ4n) is 2.51. The molecule has 0 aliphatic heterocycles. The molecule has 0 unspecified atom stereocenters. The number of pyridine rings is 1. The van der Waals surface area contributed by atoms with E-state index in [4.69, 9.17) is 21.1 Å². The molecule has 3 aromatic rings. The highest BCUT2D eigenvalue weighted by Gasteiger charge is 2.30. The van der Waals surface area contributed by atoms with Gasteiger partial charge in [-0.1, -0.05) is 29.8 Å². The molecule has 0 spiro atoms. The summed E-state index contributed by atoms with van der Waals surface area (Å²) in [5, 5.41) is 3.59. The molecule has 0 saturated heterocycles. The van der Waals surface area contributed by atoms with Crippen LogP contribution in [0.3, 0.4) is 0 Å². The summed E-state index contributed by atoms with van der Waals surface area (Å²) in [6.45, 7) is 1.88. The first-order valence-corrected chi connectivity index (χ1v) is 8.92. The van der Waals surface area contributed by atoms with Crippen LogP contribution < -0.4 is 15.0 Å². The first-order valence-electron chi connectivity index (χ1n) is 8.54. The number of rotatable bonds is 5. The van der Waals surface area contributed by atoms with Gasteiger partial charge in [-0.25, -0.2) is 4.98 Å². The molecule has 0 amide bonds. The number of benzene rings is 1. The summed E-state index contributed by atoms with van der Waals surface area (Å²) in [4.78, 5) is 16.2. The van der Waals surface area contributed by atoms with E-state index in [1.54, 1.807) is 18.2 Å². The minimum atomic E-state index is -4.54. The predicted octanol–water partition coefficient (Wildman–Crippen LogP) is 5.13. The van der Waals surface area contributed by atoms with Crippen molar-refractivity contribution in [3.05, 3.63) is 75.3 Å². The third kappa shape index (κ3) is 4.46. The van der Waals surface area contributed by atoms with E-state index in [1.807, 2.05) is 19.1 Å². The zero-order valence-corrected chi connectivity index (χ0v) is 16.5. The monoisotopic (exact) mass is 437 g/mol. The van der Waals surface area contributed by atoms with Crippen LogP contribution in [-0.2, 0) is 6.18 Å². The number of allylic oxidation sites excluding steroid dienone is 1. The summed E-state index contributed by atoms with van der Waals surface area (Å²) in [5.41, 5.74) is -0.862. The second-order valence-corrected chi connectivity index (χ2v) is 6.33. The Bertz CT molecular complexity index is 1140. The van der Waals surface area contributed by atoms with Crippen molar-refractivity contribution in [1.82, 2.24) is 14.8 Å². The Morgan fingerprint density at radius 1 is 1.10 bits per heavy atom. The van der Waals surface area contributed by atoms with Gasteiger partial charge in [-0.05, 0) is 36.8 Å². The Balaban J connectivity index is 1.93. The molecule has 30 heavy (non-hydrogen) atoms. The van der Waals surface area contributed by atoms with Crippen LogP contribution in [0.15, 0.2) is 53.6 Å². The van der Waals surface area contributed by atoms with Crippen molar-refractivity contribution in [3.63, 3.8) is 0 Å². The summed E-state index contributed by atoms with van der Waals surface area (Å²) in [7, 11) is 1.47. The van der Waals surface area contributed by atoms with E-state index >= 15 is 0 Å². The molecular weight excluding hydrogens is 423 g/mol. The second-order valence-electron chi connectivity index (χ2n) is 5.95. The predicted molar refractivity (Wildman–Crippen MR) is 105 cm³/mol. The lowest BCUT2D eigenvalue weighted by atomic mass is 10.2. The van der Waals surface area contributed by atoms with Crippen LogP contribution in [0, 0.1) is 0 Å². The van der Waals surface area contributed by atoms with E-state index in [0.29, 0.717) is 17.7 Å². The molecule has 0 aliphatic rings. The minimum absolute atomic E-state index is 0.0399. The van der Waals surface area contributed by atoms with Gasteiger partial charge in [-0.15, -0.1) is 0 Å². The van der Waals surface area contributed by atoms with Crippen molar-refractivity contribution in [2.75, 3.05) is 7.11 Å². The van der Waals surface area contributed by atoms with Gasteiger partial charge in [0.15, 0.2) is 28.1 Å². The summed E-state index contributed by atoms with van der Waals surface area (Å²) in [5.74, 6) is 0.561. The molecule has 2 aromatic heterocycles. The van der Waals surface area contributed by atoms with E-state index in [-0.39, 0.29) is 16.6 Å². The van der Waals surface area contributed by atoms with Gasteiger partial charge in [-0.2, -0.15) is 23.0 Å². The number of alkyl halides is 3. The summed E-state index contributed by atoms with van der Waals surface area (Å²) in [6.07, 6.45) is 0.978. The molecule has 0 bridgehead atoms. The molecule has 0 N–H and O–H groups in total. The zero-order chi connectivity index (χ0) is 21.9. The Morgan fingerprint density at radius 2 is 1.87 bits per heavy atom. The quantitative estimate of drug-likeness (QED) is 0.553. The normalized spacial score (nSPS) is 11.7. The van der Waals surface area contributed by atoms with Crippen LogP contribution in [0.4, 0.5) is 13.2 Å². The van der Waals surface area contributed by atoms with Gasteiger partial charge in [-0.3, -0.25) is 4.79 Å². The van der Waals surface area contributed by atoms with E-state index in [2.05, 4.69) is 10.1 Å². The molecule has 6 nitrogen and oxygen atoms in total. The fourth-order valence-corrected chi connectivity index (χ4v) is 2.68. The van der Waals surface area contributed by atoms with Crippen molar-refractivity contribution < 1.29 is 22.6 Å². The Morgan fingerprint density at radius 3 is 2.47 bits per heavy atom. The first-order chi connectivity index (χ1) is 14.2. The lowest BCUT2D eigenvalue weighted by molar-refractivity contribution is -0.137. The van der Waals surface area contributed by atoms with Crippen molar-refractivity contribution >= 4 is 17.7 Å². The molecule has 0 radical (unpaired) electrons. The topological polar surface area (TPSA) is 66.2 Å². The van der Waals surface area contributed by atoms with Crippen LogP contribution in [0.25, 0.3) is 11.9 Å². The van der Waals surface area contributed by atoms with E-state index < -0.39 is 17.3 Å². The highest BCUT2D eigenvalue weighted by molar-refractivity contribution is 6.31. The molecule has 0 aliphatic carbocycles. The molecule has 1 aromatic carbocycles. The molecular formula is C20H15ClF3N3O3. The average molecular weight is 438 g/mol. The molecule has 2 heterocycles. The van der Waals surface area contributed by atoms with E-state index in [0.717, 1.165) is 22.4 Å². The summed E-state index contributed by atoms with van der Waals surface area (Å²) < 4.78 is 49.8. The van der Waals surface area contributed by atoms with Crippen LogP contribution in [0.5, 0.6) is 17.2 Å². The van der Waals surface area contributed by atoms with Crippen molar-refractivity contribution in [1.29, 1.82) is 0 Å². The highest BCUT2D eigenvalue weighted by atomic mass is 35.5. The van der Waals surface area contributed by atoms with Gasteiger partial charge < -0.3 is 9.47 Å². The van der Waals surface area contributed by atoms with Crippen molar-refractivity contribution in [2.24, 2.45) is 0 Å². The third-order valence-corrected chi connectivity index (χ3v) is 4.29. The van der Waals surface area contributed by atoms with Crippen LogP contribution in [-0.4, -0.2) is 21.9 Å². The summed E-state index contributed by atoms with van der Waals surface area (Å²) in [6, 6.07) is 6.99. The van der Waals surface area contributed by atoms with Crippen LogP contribution in [0.2, 0.25) is 5.02 Å². The van der Waals surface area contributed by atoms with Crippen LogP contribution >= 0.6 is 11.6 Å². The third-order valence-electron chi connectivity index (χ3n) is 3.95. The molecule has 3 rings (SSSR count). The Hall–Kier alpha value is -3.33. The second kappa shape index (κ2) is 8.58. The fraction of sp³-hybridized carbons (Fsp3) is 0.150. The van der Waals surface area contributed by atoms with Gasteiger partial charge in [0, 0.05) is 6.20 Å². The molecule has 0 fully saturated rings. The molecule has 156 valence electrons. The lowest BCUT2D eigenvalue weighted by Gasteiger charge is -2.13. The largest absolute Gasteiger partial charge is 0.493 e. The van der Waals surface area contributed by atoms with Crippen LogP contribution in [0.1, 0.15) is 18.1 Å². The molecule has 10 heteroatoms. The SMILES string of the molecule is C/C=C/c1ccc(Oc2cnn(-c3ccc(C(F)(F)F)cn3)c(=O)c2Cl)c(OC)c1. The number of aromatic nitrogens is 3.